The number of halogens is 1. The second-order valence-electron chi connectivity index (χ2n) is 7.98. The Morgan fingerprint density at radius 3 is 2.84 bits per heavy atom. The summed E-state index contributed by atoms with van der Waals surface area (Å²) in [5.41, 5.74) is 3.67. The molecule has 0 radical (unpaired) electrons. The van der Waals surface area contributed by atoms with Gasteiger partial charge < -0.3 is 25.2 Å². The van der Waals surface area contributed by atoms with Crippen LogP contribution in [-0.4, -0.2) is 57.5 Å². The normalized spacial score (nSPS) is 22.2. The Kier molecular flexibility index (Phi) is 5.32. The molecule has 2 aliphatic heterocycles. The van der Waals surface area contributed by atoms with Crippen LogP contribution in [0.25, 0.3) is 11.0 Å². The molecule has 2 unspecified atom stereocenters. The monoisotopic (exact) mass is 450 g/mol. The number of anilines is 1. The molecular formula is C23H23ClN6O2. The number of nitrogens with zero attached hydrogens (tertiary/aromatic N) is 4. The Hall–Kier alpha value is -3.36. The number of aliphatic hydroxyl groups excluding tert-OH is 1. The number of carbonyl (C=O) groups is 1. The van der Waals surface area contributed by atoms with Crippen LogP contribution in [0.15, 0.2) is 66.2 Å². The van der Waals surface area contributed by atoms with E-state index >= 15 is 0 Å². The van der Waals surface area contributed by atoms with Crippen molar-refractivity contribution in [2.24, 2.45) is 4.99 Å². The predicted octanol–water partition coefficient (Wildman–Crippen LogP) is 2.83. The average molecular weight is 451 g/mol. The molecule has 3 N–H and O–H groups in total. The fraction of sp³-hybridized carbons (Fsp3) is 0.261. The largest absolute Gasteiger partial charge is 0.391 e. The molecule has 9 heteroatoms. The van der Waals surface area contributed by atoms with Crippen molar-refractivity contribution in [1.82, 2.24) is 20.2 Å². The molecule has 2 saturated heterocycles. The minimum absolute atomic E-state index is 0.000152. The van der Waals surface area contributed by atoms with Gasteiger partial charge in [-0.05, 0) is 42.3 Å². The smallest absolute Gasteiger partial charge is 0.244 e. The summed E-state index contributed by atoms with van der Waals surface area (Å²) in [7, 11) is 0. The minimum Gasteiger partial charge on any atom is -0.391 e. The maximum Gasteiger partial charge on any atom is 0.244 e. The number of amidine groups is 1. The van der Waals surface area contributed by atoms with Crippen LogP contribution in [0.4, 0.5) is 5.69 Å². The number of aromatic amines is 1. The fourth-order valence-corrected chi connectivity index (χ4v) is 4.36. The molecule has 0 bridgehead atoms. The number of aliphatic hydroxyl groups is 1. The number of imidazole rings is 1. The molecule has 3 heterocycles. The SMILES string of the molecule is C=C1NC(=NCC(=O)N2CCC(O)C2)C(c2ccc(Cl)cc2)N1c1ccc2nc[nH]c2c1. The number of amides is 1. The van der Waals surface area contributed by atoms with E-state index in [-0.39, 0.29) is 18.5 Å². The molecule has 3 aromatic rings. The number of hydrogen-bond acceptors (Lipinski definition) is 5. The van der Waals surface area contributed by atoms with E-state index < -0.39 is 6.10 Å². The zero-order valence-electron chi connectivity index (χ0n) is 17.3. The number of fused-ring (bicyclic) bond motifs is 1. The molecule has 8 nitrogen and oxygen atoms in total. The van der Waals surface area contributed by atoms with Crippen LogP contribution >= 0.6 is 11.6 Å². The van der Waals surface area contributed by atoms with Crippen molar-refractivity contribution in [2.75, 3.05) is 24.5 Å². The highest BCUT2D eigenvalue weighted by Gasteiger charge is 2.36. The third kappa shape index (κ3) is 3.83. The summed E-state index contributed by atoms with van der Waals surface area (Å²) in [6, 6.07) is 13.2. The van der Waals surface area contributed by atoms with Gasteiger partial charge in [-0.25, -0.2) is 4.98 Å². The van der Waals surface area contributed by atoms with Crippen molar-refractivity contribution >= 4 is 40.1 Å². The van der Waals surface area contributed by atoms with Gasteiger partial charge in [-0.1, -0.05) is 30.3 Å². The number of likely N-dealkylation sites (tertiary alicyclic amines) is 1. The number of aliphatic imine (C=N–C) groups is 1. The molecule has 1 aromatic heterocycles. The Morgan fingerprint density at radius 1 is 1.28 bits per heavy atom. The molecule has 0 aliphatic carbocycles. The average Bonchev–Trinajstić information content (AvgIpc) is 3.50. The van der Waals surface area contributed by atoms with Gasteiger partial charge >= 0.3 is 0 Å². The van der Waals surface area contributed by atoms with Crippen molar-refractivity contribution in [2.45, 2.75) is 18.6 Å². The third-order valence-corrected chi connectivity index (χ3v) is 6.10. The summed E-state index contributed by atoms with van der Waals surface area (Å²) in [5, 5.41) is 13.6. The molecule has 0 saturated carbocycles. The van der Waals surface area contributed by atoms with Crippen LogP contribution < -0.4 is 10.2 Å². The summed E-state index contributed by atoms with van der Waals surface area (Å²) in [6.07, 6.45) is 1.82. The first kappa shape index (κ1) is 20.5. The number of nitrogens with one attached hydrogen (secondary N) is 2. The Morgan fingerprint density at radius 2 is 2.09 bits per heavy atom. The lowest BCUT2D eigenvalue weighted by Crippen LogP contribution is -2.32. The molecular weight excluding hydrogens is 428 g/mol. The number of H-pyrrole nitrogens is 1. The van der Waals surface area contributed by atoms with Gasteiger partial charge in [0, 0.05) is 23.8 Å². The van der Waals surface area contributed by atoms with E-state index in [2.05, 4.69) is 26.9 Å². The second kappa shape index (κ2) is 8.29. The first-order valence-electron chi connectivity index (χ1n) is 10.4. The maximum atomic E-state index is 12.6. The number of β-amino-alcohol motifs (C(OH)–C–C–N with tert-alkyl or cyclic N) is 1. The zero-order valence-corrected chi connectivity index (χ0v) is 18.1. The molecule has 0 spiro atoms. The number of carbonyl (C=O) groups excluding carboxylic acids is 1. The van der Waals surface area contributed by atoms with E-state index in [0.29, 0.717) is 36.2 Å². The lowest BCUT2D eigenvalue weighted by Gasteiger charge is -2.26. The number of rotatable bonds is 4. The molecule has 5 rings (SSSR count). The van der Waals surface area contributed by atoms with Crippen molar-refractivity contribution in [3.63, 3.8) is 0 Å². The predicted molar refractivity (Wildman–Crippen MR) is 125 cm³/mol. The van der Waals surface area contributed by atoms with Crippen LogP contribution in [0, 0.1) is 0 Å². The third-order valence-electron chi connectivity index (χ3n) is 5.85. The fourth-order valence-electron chi connectivity index (χ4n) is 4.23. The van der Waals surface area contributed by atoms with Crippen molar-refractivity contribution in [1.29, 1.82) is 0 Å². The summed E-state index contributed by atoms with van der Waals surface area (Å²) in [6.45, 7) is 5.11. The second-order valence-corrected chi connectivity index (χ2v) is 8.42. The van der Waals surface area contributed by atoms with E-state index in [1.54, 1.807) is 11.2 Å². The topological polar surface area (TPSA) is 96.8 Å². The molecule has 164 valence electrons. The van der Waals surface area contributed by atoms with Crippen LogP contribution in [-0.2, 0) is 4.79 Å². The van der Waals surface area contributed by atoms with Crippen molar-refractivity contribution in [3.05, 3.63) is 71.8 Å². The Bertz CT molecular complexity index is 1200. The lowest BCUT2D eigenvalue weighted by atomic mass is 10.0. The quantitative estimate of drug-likeness (QED) is 0.568. The van der Waals surface area contributed by atoms with Crippen LogP contribution in [0.3, 0.4) is 0 Å². The molecule has 32 heavy (non-hydrogen) atoms. The van der Waals surface area contributed by atoms with Crippen molar-refractivity contribution in [3.8, 4) is 0 Å². The number of hydrogen-bond donors (Lipinski definition) is 3. The standard InChI is InChI=1S/C23H23ClN6O2/c1-14-28-23(25-11-21(32)29-9-8-18(31)12-29)22(15-2-4-16(24)5-3-15)30(14)17-6-7-19-20(10-17)27-13-26-19/h2-7,10,13,18,22,31H,1,8-9,11-12H2,(H,25,28)(H,26,27). The van der Waals surface area contributed by atoms with Gasteiger partial charge in [-0.15, -0.1) is 0 Å². The lowest BCUT2D eigenvalue weighted by molar-refractivity contribution is -0.128. The van der Waals surface area contributed by atoms with E-state index in [9.17, 15) is 9.90 Å². The van der Waals surface area contributed by atoms with Crippen LogP contribution in [0.5, 0.6) is 0 Å². The summed E-state index contributed by atoms with van der Waals surface area (Å²) >= 11 is 6.12. The molecule has 1 amide bonds. The van der Waals surface area contributed by atoms with Gasteiger partial charge in [0.15, 0.2) is 0 Å². The van der Waals surface area contributed by atoms with Crippen LogP contribution in [0.2, 0.25) is 5.02 Å². The highest BCUT2D eigenvalue weighted by atomic mass is 35.5. The highest BCUT2D eigenvalue weighted by molar-refractivity contribution is 6.30. The zero-order chi connectivity index (χ0) is 22.2. The highest BCUT2D eigenvalue weighted by Crippen LogP contribution is 2.36. The minimum atomic E-state index is -0.453. The first-order chi connectivity index (χ1) is 15.5. The van der Waals surface area contributed by atoms with Gasteiger partial charge in [0.25, 0.3) is 0 Å². The Balaban J connectivity index is 1.49. The summed E-state index contributed by atoms with van der Waals surface area (Å²) in [4.78, 5) is 28.4. The molecule has 2 fully saturated rings. The van der Waals surface area contributed by atoms with Gasteiger partial charge in [0.05, 0.1) is 23.5 Å². The molecule has 2 atom stereocenters. The van der Waals surface area contributed by atoms with Crippen molar-refractivity contribution < 1.29 is 9.90 Å². The molecule has 2 aliphatic rings. The van der Waals surface area contributed by atoms with Gasteiger partial charge in [-0.3, -0.25) is 9.79 Å². The summed E-state index contributed by atoms with van der Waals surface area (Å²) in [5.74, 6) is 1.19. The maximum absolute atomic E-state index is 12.6. The van der Waals surface area contributed by atoms with Crippen LogP contribution in [0.1, 0.15) is 18.0 Å². The molecule has 2 aromatic carbocycles. The van der Waals surface area contributed by atoms with Gasteiger partial charge in [0.1, 0.15) is 24.2 Å². The Labute approximate surface area is 190 Å². The van der Waals surface area contributed by atoms with Gasteiger partial charge in [-0.2, -0.15) is 0 Å². The summed E-state index contributed by atoms with van der Waals surface area (Å²) < 4.78 is 0. The number of benzene rings is 2. The van der Waals surface area contributed by atoms with E-state index in [0.717, 1.165) is 22.3 Å². The first-order valence-corrected chi connectivity index (χ1v) is 10.8. The van der Waals surface area contributed by atoms with E-state index in [1.807, 2.05) is 47.4 Å². The van der Waals surface area contributed by atoms with E-state index in [1.165, 1.54) is 0 Å². The van der Waals surface area contributed by atoms with Gasteiger partial charge in [0.2, 0.25) is 5.91 Å². The van der Waals surface area contributed by atoms with E-state index in [4.69, 9.17) is 11.6 Å². The number of aromatic nitrogens is 2.